The first-order chi connectivity index (χ1) is 41.0. The van der Waals surface area contributed by atoms with E-state index in [-0.39, 0.29) is 172 Å². The monoisotopic (exact) mass is 1260 g/mol. The number of ketones is 4. The third-order valence-corrected chi connectivity index (χ3v) is 16.8. The Morgan fingerprint density at radius 1 is 0.430 bits per heavy atom. The van der Waals surface area contributed by atoms with E-state index in [1.54, 1.807) is 103 Å². The van der Waals surface area contributed by atoms with E-state index in [0.717, 1.165) is 23.6 Å². The molecule has 2 saturated carbocycles. The van der Waals surface area contributed by atoms with Crippen LogP contribution in [0.4, 0.5) is 17.1 Å². The number of benzene rings is 7. The molecule has 6 aliphatic rings. The molecule has 93 heavy (non-hydrogen) atoms. The second-order valence-corrected chi connectivity index (χ2v) is 22.3. The number of Topliss-reactive ketones (excluding diaryl/α,β-unsaturated/α-hetero) is 4. The second kappa shape index (κ2) is 31.2. The number of imide groups is 2. The summed E-state index contributed by atoms with van der Waals surface area (Å²) in [5.74, 6) is -2.04. The van der Waals surface area contributed by atoms with Crippen molar-refractivity contribution in [3.8, 4) is 17.2 Å². The summed E-state index contributed by atoms with van der Waals surface area (Å²) in [7, 11) is 0. The Hall–Kier alpha value is -10.2. The lowest BCUT2D eigenvalue weighted by atomic mass is 9.85. The quantitative estimate of drug-likeness (QED) is 0.0224. The van der Waals surface area contributed by atoms with Gasteiger partial charge in [0.05, 0.1) is 47.0 Å². The van der Waals surface area contributed by atoms with E-state index < -0.39 is 24.0 Å². The number of carbonyl (C=O) groups excluding carboxylic acids is 10. The van der Waals surface area contributed by atoms with Gasteiger partial charge in [-0.25, -0.2) is 4.79 Å². The van der Waals surface area contributed by atoms with Crippen LogP contribution in [0.2, 0.25) is 0 Å². The smallest absolute Gasteiger partial charge is 0.343 e. The molecule has 4 fully saturated rings. The molecule has 5 amide bonds. The first-order valence-corrected chi connectivity index (χ1v) is 28.1. The summed E-state index contributed by atoms with van der Waals surface area (Å²) < 4.78 is 16.5. The van der Waals surface area contributed by atoms with Crippen LogP contribution < -0.4 is 29.3 Å². The number of nitrogens with zero attached hydrogens (tertiary/aromatic N) is 2. The first kappa shape index (κ1) is 75.2. The molecule has 0 aromatic heterocycles. The lowest BCUT2D eigenvalue weighted by molar-refractivity contribution is -0.124. The molecule has 7 aromatic rings. The minimum Gasteiger partial charge on any atom is -0.486 e. The van der Waals surface area contributed by atoms with Crippen LogP contribution in [0.25, 0.3) is 10.8 Å². The number of aryl methyl sites for hydroxylation is 1. The fraction of sp³-hybridized carbons (Fsp3) is 0.299. The van der Waals surface area contributed by atoms with Crippen molar-refractivity contribution in [2.24, 2.45) is 47.3 Å². The number of anilines is 3. The zero-order valence-corrected chi connectivity index (χ0v) is 46.2. The summed E-state index contributed by atoms with van der Waals surface area (Å²) in [6, 6.07) is 43.2. The molecule has 16 heteroatoms. The van der Waals surface area contributed by atoms with E-state index in [4.69, 9.17) is 14.2 Å². The maximum atomic E-state index is 13.1. The van der Waals surface area contributed by atoms with Gasteiger partial charge >= 0.3 is 5.97 Å². The Balaban J connectivity index is 0.000000400. The van der Waals surface area contributed by atoms with Gasteiger partial charge in [0.1, 0.15) is 23.9 Å². The van der Waals surface area contributed by atoms with Crippen molar-refractivity contribution in [2.45, 2.75) is 92.5 Å². The van der Waals surface area contributed by atoms with Gasteiger partial charge in [-0.05, 0) is 176 Å². The number of allylic oxidation sites excluding steroid dienone is 4. The molecule has 2 saturated heterocycles. The molecule has 0 radical (unpaired) electrons. The van der Waals surface area contributed by atoms with Crippen LogP contribution in [0, 0.1) is 54.3 Å². The first-order valence-electron chi connectivity index (χ1n) is 28.1. The molecule has 4 aliphatic carbocycles. The maximum Gasteiger partial charge on any atom is 0.343 e. The number of esters is 1. The summed E-state index contributed by atoms with van der Waals surface area (Å²) >= 11 is 0. The van der Waals surface area contributed by atoms with Crippen LogP contribution in [0.3, 0.4) is 0 Å². The molecule has 2 heterocycles. The number of amides is 5. The molecule has 0 spiro atoms. The van der Waals surface area contributed by atoms with Gasteiger partial charge in [0.25, 0.3) is 5.91 Å². The largest absolute Gasteiger partial charge is 0.486 e. The van der Waals surface area contributed by atoms with E-state index >= 15 is 0 Å². The highest BCUT2D eigenvalue weighted by Gasteiger charge is 2.60. The maximum absolute atomic E-state index is 13.1. The van der Waals surface area contributed by atoms with Crippen molar-refractivity contribution >= 4 is 86.5 Å². The van der Waals surface area contributed by atoms with Crippen LogP contribution >= 0.6 is 0 Å². The van der Waals surface area contributed by atoms with E-state index in [1.807, 2.05) is 43.3 Å². The number of fused-ring (bicyclic) bond motifs is 11. The summed E-state index contributed by atoms with van der Waals surface area (Å²) in [5.41, 5.74) is 4.09. The number of carbonyl (C=O) groups is 10. The van der Waals surface area contributed by atoms with Gasteiger partial charge < -0.3 is 19.5 Å². The van der Waals surface area contributed by atoms with Crippen LogP contribution in [0.15, 0.2) is 182 Å². The van der Waals surface area contributed by atoms with Crippen molar-refractivity contribution in [1.82, 2.24) is 0 Å². The molecular formula is C77H87N3O13. The van der Waals surface area contributed by atoms with Crippen molar-refractivity contribution in [3.63, 3.8) is 0 Å². The van der Waals surface area contributed by atoms with Crippen LogP contribution in [-0.2, 0) is 24.0 Å². The topological polar surface area (TPSA) is 217 Å². The molecule has 4 bridgehead atoms. The van der Waals surface area contributed by atoms with Crippen LogP contribution in [0.5, 0.6) is 17.2 Å². The lowest BCUT2D eigenvalue weighted by Gasteiger charge is -2.17. The third-order valence-electron chi connectivity index (χ3n) is 16.8. The Morgan fingerprint density at radius 2 is 0.839 bits per heavy atom. The van der Waals surface area contributed by atoms with Crippen molar-refractivity contribution in [2.75, 3.05) is 28.3 Å². The van der Waals surface area contributed by atoms with Gasteiger partial charge in [-0.2, -0.15) is 0 Å². The molecule has 7 aromatic carbocycles. The highest BCUT2D eigenvalue weighted by molar-refractivity contribution is 6.24. The predicted octanol–water partition coefficient (Wildman–Crippen LogP) is 15.7. The van der Waals surface area contributed by atoms with E-state index in [2.05, 4.69) is 23.5 Å². The van der Waals surface area contributed by atoms with Gasteiger partial charge in [0.2, 0.25) is 23.6 Å². The molecule has 8 unspecified atom stereocenters. The average molecular weight is 1260 g/mol. The predicted molar refractivity (Wildman–Crippen MR) is 367 cm³/mol. The summed E-state index contributed by atoms with van der Waals surface area (Å²) in [6.45, 7) is 3.05. The normalized spacial score (nSPS) is 19.9. The van der Waals surface area contributed by atoms with Gasteiger partial charge in [-0.15, -0.1) is 0 Å². The summed E-state index contributed by atoms with van der Waals surface area (Å²) in [5, 5.41) is 4.88. The van der Waals surface area contributed by atoms with Crippen molar-refractivity contribution < 1.29 is 62.2 Å². The Labute approximate surface area is 547 Å². The SMILES string of the molecule is C.C.C.C.C.C.C.C.CC(=O)COc1ccc(C(=O)CC(=O)c2cccc(C(=O)COc3ccc(NC(=O)c4ccc(N5C(=O)C6C7C=CC(C7)C6C5=O)cc4)cc3)c2)cc1.Cc1ccc2cc(OC(=O)c3ccc(N4C(=O)C5C6C=CC(C6)C5C4=O)cc3)ccc2c1. The van der Waals surface area contributed by atoms with Gasteiger partial charge in [-0.1, -0.05) is 132 Å². The fourth-order valence-electron chi connectivity index (χ4n) is 12.6. The van der Waals surface area contributed by atoms with E-state index in [1.165, 1.54) is 46.6 Å². The minimum atomic E-state index is -0.485. The Bertz CT molecular complexity index is 3940. The Morgan fingerprint density at radius 3 is 1.33 bits per heavy atom. The zero-order chi connectivity index (χ0) is 59.2. The second-order valence-electron chi connectivity index (χ2n) is 22.3. The van der Waals surface area contributed by atoms with E-state index in [9.17, 15) is 47.9 Å². The number of rotatable bonds is 17. The number of nitrogens with one attached hydrogen (secondary N) is 1. The van der Waals surface area contributed by atoms with Gasteiger partial charge in [0.15, 0.2) is 29.7 Å². The standard InChI is InChI=1S/C42H34N2O9.C27H21NO4.8CH4/c1-24(45)22-52-33-15-9-25(10-16-33)35(46)21-36(47)27-3-2-4-28(19-27)37(48)23-53-34-17-11-31(12-18-34)43-40(49)26-7-13-32(14-8-26)44-41(50)38-29-5-6-30(20-29)39(38)42(44)51;1-15-2-3-18-14-22(11-8-17(18)12-15)32-27(31)16-6-9-21(10-7-16)28-25(29)23-19-4-5-20(13-19)24(23)26(28)30;;;;;;;;/h2-19,29-30,38-39H,20-23H2,1H3,(H,43,49);2-12,14,19-20,23-24H,13H2,1H3;8*1H4. The lowest BCUT2D eigenvalue weighted by Crippen LogP contribution is -2.32. The highest BCUT2D eigenvalue weighted by Crippen LogP contribution is 2.54. The number of ether oxygens (including phenoxy) is 3. The molecule has 2 aliphatic heterocycles. The van der Waals surface area contributed by atoms with Crippen molar-refractivity contribution in [3.05, 3.63) is 215 Å². The molecule has 13 rings (SSSR count). The molecular weight excluding hydrogens is 1170 g/mol. The number of hydrogen-bond donors (Lipinski definition) is 1. The molecule has 8 atom stereocenters. The highest BCUT2D eigenvalue weighted by atomic mass is 16.5. The molecule has 488 valence electrons. The van der Waals surface area contributed by atoms with Gasteiger partial charge in [0, 0.05) is 27.9 Å². The summed E-state index contributed by atoms with van der Waals surface area (Å²) in [4.78, 5) is 130. The zero-order valence-electron chi connectivity index (χ0n) is 46.2. The molecule has 16 nitrogen and oxygen atoms in total. The van der Waals surface area contributed by atoms with Crippen LogP contribution in [0.1, 0.15) is 143 Å². The fourth-order valence-corrected chi connectivity index (χ4v) is 12.6. The third kappa shape index (κ3) is 15.1. The average Bonchev–Trinajstić information content (AvgIpc) is 1.58. The van der Waals surface area contributed by atoms with Gasteiger partial charge in [-0.3, -0.25) is 53.0 Å². The van der Waals surface area contributed by atoms with E-state index in [0.29, 0.717) is 51.0 Å². The minimum absolute atomic E-state index is 0. The van der Waals surface area contributed by atoms with Crippen LogP contribution in [-0.4, -0.2) is 71.9 Å². The summed E-state index contributed by atoms with van der Waals surface area (Å²) in [6.07, 6.45) is 9.61. The number of hydrogen-bond acceptors (Lipinski definition) is 13. The molecule has 1 N–H and O–H groups in total. The Kier molecular flexibility index (Phi) is 25.2. The van der Waals surface area contributed by atoms with Crippen molar-refractivity contribution in [1.29, 1.82) is 0 Å².